The molecule has 1 atom stereocenters. The van der Waals surface area contributed by atoms with Crippen LogP contribution in [0.15, 0.2) is 28.7 Å². The Morgan fingerprint density at radius 3 is 2.43 bits per heavy atom. The van der Waals surface area contributed by atoms with Crippen LogP contribution in [0.1, 0.15) is 39.0 Å². The molecule has 112 valence electrons. The lowest BCUT2D eigenvalue weighted by Gasteiger charge is -2.44. The highest BCUT2D eigenvalue weighted by atomic mass is 79.9. The Bertz CT molecular complexity index is 564. The molecule has 1 unspecified atom stereocenters. The van der Waals surface area contributed by atoms with Crippen LogP contribution in [0.4, 0.5) is 5.69 Å². The molecule has 1 heterocycles. The summed E-state index contributed by atoms with van der Waals surface area (Å²) >= 11 is 3.41. The van der Waals surface area contributed by atoms with E-state index in [2.05, 4.69) is 21.2 Å². The Morgan fingerprint density at radius 2 is 1.86 bits per heavy atom. The number of amides is 2. The number of benzene rings is 1. The highest BCUT2D eigenvalue weighted by Crippen LogP contribution is 2.37. The highest BCUT2D eigenvalue weighted by Gasteiger charge is 2.51. The van der Waals surface area contributed by atoms with Crippen molar-refractivity contribution < 1.29 is 9.59 Å². The van der Waals surface area contributed by atoms with Crippen LogP contribution in [0.25, 0.3) is 0 Å². The van der Waals surface area contributed by atoms with Gasteiger partial charge in [0.2, 0.25) is 5.91 Å². The summed E-state index contributed by atoms with van der Waals surface area (Å²) in [5, 5.41) is 3.01. The first kappa shape index (κ1) is 14.6. The number of carbonyl (C=O) groups excluding carboxylic acids is 2. The number of carbonyl (C=O) groups is 2. The summed E-state index contributed by atoms with van der Waals surface area (Å²) in [4.78, 5) is 27.2. The number of hydrogen-bond donors (Lipinski definition) is 1. The van der Waals surface area contributed by atoms with Gasteiger partial charge in [0.15, 0.2) is 0 Å². The Balaban J connectivity index is 2.02. The van der Waals surface area contributed by atoms with Crippen molar-refractivity contribution in [3.8, 4) is 0 Å². The summed E-state index contributed by atoms with van der Waals surface area (Å²) in [6, 6.07) is 7.19. The fraction of sp³-hybridized carbons (Fsp3) is 0.500. The lowest BCUT2D eigenvalue weighted by molar-refractivity contribution is -0.138. The van der Waals surface area contributed by atoms with E-state index in [9.17, 15) is 9.59 Å². The minimum atomic E-state index is -0.671. The number of anilines is 1. The molecule has 2 fully saturated rings. The molecular weight excluding hydrogens is 332 g/mol. The number of halogens is 1. The van der Waals surface area contributed by atoms with Gasteiger partial charge in [0, 0.05) is 10.2 Å². The number of hydrogen-bond acceptors (Lipinski definition) is 2. The topological polar surface area (TPSA) is 49.4 Å². The maximum atomic E-state index is 13.0. The fourth-order valence-corrected chi connectivity index (χ4v) is 3.71. The van der Waals surface area contributed by atoms with Gasteiger partial charge in [-0.25, -0.2) is 0 Å². The van der Waals surface area contributed by atoms with Gasteiger partial charge in [-0.2, -0.15) is 0 Å². The smallest absolute Gasteiger partial charge is 0.253 e. The summed E-state index contributed by atoms with van der Waals surface area (Å²) in [7, 11) is 0. The van der Waals surface area contributed by atoms with Crippen LogP contribution < -0.4 is 10.2 Å². The van der Waals surface area contributed by atoms with Crippen molar-refractivity contribution in [2.75, 3.05) is 4.90 Å². The van der Waals surface area contributed by atoms with E-state index in [4.69, 9.17) is 0 Å². The second-order valence-electron chi connectivity index (χ2n) is 5.85. The minimum absolute atomic E-state index is 0.0260. The zero-order valence-electron chi connectivity index (χ0n) is 12.1. The third-order valence-corrected chi connectivity index (χ3v) is 5.08. The second kappa shape index (κ2) is 5.44. The van der Waals surface area contributed by atoms with E-state index in [0.717, 1.165) is 35.8 Å². The molecule has 1 saturated heterocycles. The van der Waals surface area contributed by atoms with Crippen LogP contribution >= 0.6 is 15.9 Å². The predicted octanol–water partition coefficient (Wildman–Crippen LogP) is 3.00. The van der Waals surface area contributed by atoms with Crippen LogP contribution in [0.3, 0.4) is 0 Å². The molecule has 2 amide bonds. The second-order valence-corrected chi connectivity index (χ2v) is 6.77. The third kappa shape index (κ3) is 2.37. The molecule has 0 radical (unpaired) electrons. The minimum Gasteiger partial charge on any atom is -0.340 e. The molecular formula is C16H19BrN2O2. The monoisotopic (exact) mass is 350 g/mol. The van der Waals surface area contributed by atoms with E-state index in [-0.39, 0.29) is 11.8 Å². The van der Waals surface area contributed by atoms with Gasteiger partial charge in [-0.3, -0.25) is 14.5 Å². The van der Waals surface area contributed by atoms with Crippen molar-refractivity contribution in [2.45, 2.75) is 50.6 Å². The van der Waals surface area contributed by atoms with E-state index in [0.29, 0.717) is 6.42 Å². The van der Waals surface area contributed by atoms with Gasteiger partial charge >= 0.3 is 0 Å². The summed E-state index contributed by atoms with van der Waals surface area (Å²) in [5.41, 5.74) is 0.131. The number of nitrogens with zero attached hydrogens (tertiary/aromatic N) is 1. The van der Waals surface area contributed by atoms with Crippen LogP contribution in [0.5, 0.6) is 0 Å². The highest BCUT2D eigenvalue weighted by molar-refractivity contribution is 9.10. The number of rotatable bonds is 2. The molecule has 0 bridgehead atoms. The molecule has 1 saturated carbocycles. The SMILES string of the molecule is CCC1C(=O)NC2(CCCC2)C(=O)N1c1ccc(Br)cc1. The first-order valence-corrected chi connectivity index (χ1v) is 8.28. The molecule has 5 heteroatoms. The summed E-state index contributed by atoms with van der Waals surface area (Å²) < 4.78 is 0.962. The Labute approximate surface area is 133 Å². The summed E-state index contributed by atoms with van der Waals surface area (Å²) in [6.07, 6.45) is 4.11. The molecule has 1 aliphatic carbocycles. The molecule has 1 spiro atoms. The molecule has 4 nitrogen and oxygen atoms in total. The van der Waals surface area contributed by atoms with E-state index < -0.39 is 11.6 Å². The van der Waals surface area contributed by atoms with Crippen LogP contribution in [0.2, 0.25) is 0 Å². The van der Waals surface area contributed by atoms with Gasteiger partial charge in [0.25, 0.3) is 5.91 Å². The van der Waals surface area contributed by atoms with Crippen molar-refractivity contribution in [2.24, 2.45) is 0 Å². The molecule has 3 rings (SSSR count). The number of piperazine rings is 1. The van der Waals surface area contributed by atoms with Gasteiger partial charge in [-0.1, -0.05) is 35.7 Å². The Morgan fingerprint density at radius 1 is 1.24 bits per heavy atom. The molecule has 1 aromatic carbocycles. The van der Waals surface area contributed by atoms with Gasteiger partial charge in [0.05, 0.1) is 0 Å². The van der Waals surface area contributed by atoms with Crippen molar-refractivity contribution in [1.29, 1.82) is 0 Å². The number of nitrogens with one attached hydrogen (secondary N) is 1. The fourth-order valence-electron chi connectivity index (χ4n) is 3.45. The maximum absolute atomic E-state index is 13.0. The quantitative estimate of drug-likeness (QED) is 0.891. The first-order valence-electron chi connectivity index (χ1n) is 7.49. The van der Waals surface area contributed by atoms with E-state index in [1.807, 2.05) is 31.2 Å². The predicted molar refractivity (Wildman–Crippen MR) is 85.0 cm³/mol. The van der Waals surface area contributed by atoms with E-state index >= 15 is 0 Å². The molecule has 21 heavy (non-hydrogen) atoms. The lowest BCUT2D eigenvalue weighted by atomic mass is 9.89. The van der Waals surface area contributed by atoms with Gasteiger partial charge in [-0.15, -0.1) is 0 Å². The standard InChI is InChI=1S/C16H19BrN2O2/c1-2-13-14(20)18-16(9-3-4-10-16)15(21)19(13)12-7-5-11(17)6-8-12/h5-8,13H,2-4,9-10H2,1H3,(H,18,20). The summed E-state index contributed by atoms with van der Waals surface area (Å²) in [5.74, 6) is 0.0238. The average molecular weight is 351 g/mol. The van der Waals surface area contributed by atoms with Gasteiger partial charge < -0.3 is 5.32 Å². The first-order chi connectivity index (χ1) is 10.1. The molecule has 0 aromatic heterocycles. The van der Waals surface area contributed by atoms with E-state index in [1.54, 1.807) is 4.90 Å². The molecule has 1 aliphatic heterocycles. The third-order valence-electron chi connectivity index (χ3n) is 4.55. The van der Waals surface area contributed by atoms with Crippen molar-refractivity contribution >= 4 is 33.4 Å². The van der Waals surface area contributed by atoms with Crippen LogP contribution in [-0.2, 0) is 9.59 Å². The Kier molecular flexibility index (Phi) is 3.78. The largest absolute Gasteiger partial charge is 0.340 e. The van der Waals surface area contributed by atoms with Crippen LogP contribution in [-0.4, -0.2) is 23.4 Å². The molecule has 2 aliphatic rings. The maximum Gasteiger partial charge on any atom is 0.253 e. The van der Waals surface area contributed by atoms with Crippen molar-refractivity contribution in [3.05, 3.63) is 28.7 Å². The zero-order chi connectivity index (χ0) is 15.0. The van der Waals surface area contributed by atoms with Crippen molar-refractivity contribution in [3.63, 3.8) is 0 Å². The van der Waals surface area contributed by atoms with Crippen molar-refractivity contribution in [1.82, 2.24) is 5.32 Å². The average Bonchev–Trinajstić information content (AvgIpc) is 2.93. The van der Waals surface area contributed by atoms with Gasteiger partial charge in [-0.05, 0) is 43.5 Å². The molecule has 1 N–H and O–H groups in total. The van der Waals surface area contributed by atoms with Gasteiger partial charge in [0.1, 0.15) is 11.6 Å². The van der Waals surface area contributed by atoms with Crippen LogP contribution in [0, 0.1) is 0 Å². The Hall–Kier alpha value is -1.36. The normalized spacial score (nSPS) is 24.5. The zero-order valence-corrected chi connectivity index (χ0v) is 13.6. The molecule has 1 aromatic rings. The van der Waals surface area contributed by atoms with E-state index in [1.165, 1.54) is 0 Å². The lowest BCUT2D eigenvalue weighted by Crippen LogP contribution is -2.69. The summed E-state index contributed by atoms with van der Waals surface area (Å²) in [6.45, 7) is 1.94.